The van der Waals surface area contributed by atoms with Crippen LogP contribution in [-0.4, -0.2) is 15.2 Å². The van der Waals surface area contributed by atoms with Crippen molar-refractivity contribution in [1.82, 2.24) is 20.5 Å². The second-order valence-electron chi connectivity index (χ2n) is 3.27. The van der Waals surface area contributed by atoms with Crippen molar-refractivity contribution in [3.63, 3.8) is 0 Å². The van der Waals surface area contributed by atoms with E-state index in [2.05, 4.69) is 36.4 Å². The molecule has 1 aromatic carbocycles. The van der Waals surface area contributed by atoms with E-state index in [0.717, 1.165) is 15.9 Å². The number of benzene rings is 1. The van der Waals surface area contributed by atoms with E-state index in [1.165, 1.54) is 18.5 Å². The first-order valence-corrected chi connectivity index (χ1v) is 5.54. The molecule has 0 atom stereocenters. The van der Waals surface area contributed by atoms with Crippen molar-refractivity contribution in [3.05, 3.63) is 46.2 Å². The monoisotopic (exact) mass is 284 g/mol. The van der Waals surface area contributed by atoms with Gasteiger partial charge in [0.1, 0.15) is 18.0 Å². The predicted octanol–water partition coefficient (Wildman–Crippen LogP) is 2.00. The van der Waals surface area contributed by atoms with Gasteiger partial charge in [0, 0.05) is 11.0 Å². The van der Waals surface area contributed by atoms with Crippen LogP contribution in [0.15, 0.2) is 29.0 Å². The molecule has 0 radical (unpaired) electrons. The molecule has 0 aliphatic carbocycles. The summed E-state index contributed by atoms with van der Waals surface area (Å²) in [7, 11) is 0. The second kappa shape index (κ2) is 5.18. The summed E-state index contributed by atoms with van der Waals surface area (Å²) >= 11 is 3.31. The molecule has 16 heavy (non-hydrogen) atoms. The standard InChI is InChI=1S/C10H10BrFN4/c11-9-3-8(12)2-1-7(9)4-13-5-10-14-6-15-16-10/h1-3,6,13H,4-5H2,(H,14,15,16). The van der Waals surface area contributed by atoms with Crippen molar-refractivity contribution >= 4 is 15.9 Å². The number of nitrogens with one attached hydrogen (secondary N) is 2. The highest BCUT2D eigenvalue weighted by Crippen LogP contribution is 2.17. The van der Waals surface area contributed by atoms with E-state index in [1.54, 1.807) is 6.07 Å². The number of hydrogen-bond acceptors (Lipinski definition) is 3. The third-order valence-electron chi connectivity index (χ3n) is 2.09. The van der Waals surface area contributed by atoms with Crippen molar-refractivity contribution in [2.45, 2.75) is 13.1 Å². The maximum atomic E-state index is 12.8. The molecule has 84 valence electrons. The lowest BCUT2D eigenvalue weighted by Gasteiger charge is -2.05. The van der Waals surface area contributed by atoms with Gasteiger partial charge >= 0.3 is 0 Å². The number of halogens is 2. The van der Waals surface area contributed by atoms with E-state index in [-0.39, 0.29) is 5.82 Å². The molecule has 2 rings (SSSR count). The van der Waals surface area contributed by atoms with Crippen LogP contribution < -0.4 is 5.32 Å². The summed E-state index contributed by atoms with van der Waals surface area (Å²) in [6.45, 7) is 1.24. The Hall–Kier alpha value is -1.27. The van der Waals surface area contributed by atoms with Crippen LogP contribution >= 0.6 is 15.9 Å². The summed E-state index contributed by atoms with van der Waals surface area (Å²) in [5.41, 5.74) is 1.00. The van der Waals surface area contributed by atoms with Gasteiger partial charge < -0.3 is 5.32 Å². The number of H-pyrrole nitrogens is 1. The van der Waals surface area contributed by atoms with E-state index in [9.17, 15) is 4.39 Å². The summed E-state index contributed by atoms with van der Waals surface area (Å²) in [5.74, 6) is 0.532. The Morgan fingerprint density at radius 1 is 1.38 bits per heavy atom. The molecule has 0 bridgehead atoms. The van der Waals surface area contributed by atoms with Crippen molar-refractivity contribution in [2.24, 2.45) is 0 Å². The molecule has 1 heterocycles. The average molecular weight is 285 g/mol. The molecule has 0 fully saturated rings. The summed E-state index contributed by atoms with van der Waals surface area (Å²) in [6, 6.07) is 4.63. The Labute approximate surface area is 100 Å². The highest BCUT2D eigenvalue weighted by Gasteiger charge is 2.01. The first-order chi connectivity index (χ1) is 7.75. The summed E-state index contributed by atoms with van der Waals surface area (Å²) in [4.78, 5) is 3.98. The Bertz CT molecular complexity index is 458. The Morgan fingerprint density at radius 3 is 2.94 bits per heavy atom. The van der Waals surface area contributed by atoms with Gasteiger partial charge in [0.25, 0.3) is 0 Å². The zero-order valence-corrected chi connectivity index (χ0v) is 9.96. The summed E-state index contributed by atoms with van der Waals surface area (Å²) in [6.07, 6.45) is 1.46. The molecule has 0 spiro atoms. The van der Waals surface area contributed by atoms with Crippen LogP contribution in [-0.2, 0) is 13.1 Å². The van der Waals surface area contributed by atoms with E-state index < -0.39 is 0 Å². The van der Waals surface area contributed by atoms with Crippen LogP contribution in [0.3, 0.4) is 0 Å². The molecule has 0 saturated carbocycles. The maximum Gasteiger partial charge on any atom is 0.138 e. The fourth-order valence-electron chi connectivity index (χ4n) is 1.30. The first-order valence-electron chi connectivity index (χ1n) is 4.74. The maximum absolute atomic E-state index is 12.8. The Kier molecular flexibility index (Phi) is 3.63. The third kappa shape index (κ3) is 2.86. The van der Waals surface area contributed by atoms with Gasteiger partial charge in [-0.05, 0) is 17.7 Å². The smallest absolute Gasteiger partial charge is 0.138 e. The molecule has 0 unspecified atom stereocenters. The highest BCUT2D eigenvalue weighted by atomic mass is 79.9. The predicted molar refractivity (Wildman–Crippen MR) is 61.0 cm³/mol. The molecule has 0 aliphatic heterocycles. The Morgan fingerprint density at radius 2 is 2.25 bits per heavy atom. The van der Waals surface area contributed by atoms with Gasteiger partial charge in [0.05, 0.1) is 6.54 Å². The van der Waals surface area contributed by atoms with Crippen molar-refractivity contribution < 1.29 is 4.39 Å². The van der Waals surface area contributed by atoms with E-state index in [1.807, 2.05) is 0 Å². The Balaban J connectivity index is 1.90. The van der Waals surface area contributed by atoms with Gasteiger partial charge in [-0.15, -0.1) is 0 Å². The van der Waals surface area contributed by atoms with Crippen LogP contribution in [0.2, 0.25) is 0 Å². The molecule has 6 heteroatoms. The lowest BCUT2D eigenvalue weighted by molar-refractivity contribution is 0.622. The van der Waals surface area contributed by atoms with E-state index in [4.69, 9.17) is 0 Å². The first kappa shape index (κ1) is 11.2. The lowest BCUT2D eigenvalue weighted by Crippen LogP contribution is -2.14. The van der Waals surface area contributed by atoms with Gasteiger partial charge in [-0.25, -0.2) is 9.37 Å². The van der Waals surface area contributed by atoms with Crippen LogP contribution in [0.4, 0.5) is 4.39 Å². The van der Waals surface area contributed by atoms with Crippen LogP contribution in [0.5, 0.6) is 0 Å². The molecule has 2 aromatic rings. The van der Waals surface area contributed by atoms with Gasteiger partial charge in [-0.2, -0.15) is 5.10 Å². The quantitative estimate of drug-likeness (QED) is 0.903. The molecular weight excluding hydrogens is 275 g/mol. The topological polar surface area (TPSA) is 53.6 Å². The van der Waals surface area contributed by atoms with Crippen LogP contribution in [0.1, 0.15) is 11.4 Å². The SMILES string of the molecule is Fc1ccc(CNCc2ncn[nH]2)c(Br)c1. The lowest BCUT2D eigenvalue weighted by atomic mass is 10.2. The van der Waals surface area contributed by atoms with Crippen LogP contribution in [0, 0.1) is 5.82 Å². The van der Waals surface area contributed by atoms with Crippen molar-refractivity contribution in [1.29, 1.82) is 0 Å². The van der Waals surface area contributed by atoms with Gasteiger partial charge in [-0.1, -0.05) is 22.0 Å². The molecular formula is C10H10BrFN4. The minimum Gasteiger partial charge on any atom is -0.306 e. The molecule has 0 amide bonds. The minimum absolute atomic E-state index is 0.245. The average Bonchev–Trinajstić information content (AvgIpc) is 2.74. The van der Waals surface area contributed by atoms with E-state index in [0.29, 0.717) is 13.1 Å². The zero-order chi connectivity index (χ0) is 11.4. The van der Waals surface area contributed by atoms with E-state index >= 15 is 0 Å². The highest BCUT2D eigenvalue weighted by molar-refractivity contribution is 9.10. The van der Waals surface area contributed by atoms with Crippen molar-refractivity contribution in [2.75, 3.05) is 0 Å². The van der Waals surface area contributed by atoms with Gasteiger partial charge in [0.2, 0.25) is 0 Å². The van der Waals surface area contributed by atoms with Crippen LogP contribution in [0.25, 0.3) is 0 Å². The minimum atomic E-state index is -0.245. The molecule has 4 nitrogen and oxygen atoms in total. The number of aromatic amines is 1. The summed E-state index contributed by atoms with van der Waals surface area (Å²) < 4.78 is 13.6. The fraction of sp³-hybridized carbons (Fsp3) is 0.200. The number of hydrogen-bond donors (Lipinski definition) is 2. The molecule has 2 N–H and O–H groups in total. The molecule has 0 aliphatic rings. The van der Waals surface area contributed by atoms with Gasteiger partial charge in [-0.3, -0.25) is 5.10 Å². The normalized spacial score (nSPS) is 10.6. The largest absolute Gasteiger partial charge is 0.306 e. The fourth-order valence-corrected chi connectivity index (χ4v) is 1.79. The zero-order valence-electron chi connectivity index (χ0n) is 8.37. The molecule has 0 saturated heterocycles. The number of rotatable bonds is 4. The summed E-state index contributed by atoms with van der Waals surface area (Å²) in [5, 5.41) is 9.67. The number of nitrogens with zero attached hydrogens (tertiary/aromatic N) is 2. The number of aromatic nitrogens is 3. The molecule has 1 aromatic heterocycles. The van der Waals surface area contributed by atoms with Crippen molar-refractivity contribution in [3.8, 4) is 0 Å². The third-order valence-corrected chi connectivity index (χ3v) is 2.83. The second-order valence-corrected chi connectivity index (χ2v) is 4.13. The van der Waals surface area contributed by atoms with Gasteiger partial charge in [0.15, 0.2) is 0 Å².